The van der Waals surface area contributed by atoms with E-state index in [0.717, 1.165) is 19.1 Å². The average Bonchev–Trinajstić information content (AvgIpc) is 2.08. The van der Waals surface area contributed by atoms with Gasteiger partial charge < -0.3 is 4.74 Å². The Morgan fingerprint density at radius 2 is 2.11 bits per heavy atom. The predicted molar refractivity (Wildman–Crippen MR) is 40.5 cm³/mol. The van der Waals surface area contributed by atoms with Crippen LogP contribution in [0.3, 0.4) is 0 Å². The summed E-state index contributed by atoms with van der Waals surface area (Å²) in [4.78, 5) is 0. The Morgan fingerprint density at radius 3 is 2.33 bits per heavy atom. The van der Waals surface area contributed by atoms with Crippen molar-refractivity contribution in [1.29, 1.82) is 0 Å². The van der Waals surface area contributed by atoms with Crippen LogP contribution in [0.25, 0.3) is 0 Å². The topological polar surface area (TPSA) is 9.23 Å². The highest BCUT2D eigenvalue weighted by molar-refractivity contribution is 4.76. The van der Waals surface area contributed by atoms with Crippen molar-refractivity contribution < 1.29 is 6.16 Å². The van der Waals surface area contributed by atoms with Crippen LogP contribution in [-0.2, 0) is 4.74 Å². The first-order chi connectivity index (χ1) is 4.11. The molecule has 1 unspecified atom stereocenters. The zero-order valence-electron chi connectivity index (χ0n) is 6.61. The minimum atomic E-state index is 0. The molecule has 0 radical (unpaired) electrons. The quantitative estimate of drug-likeness (QED) is 0.489. The van der Waals surface area contributed by atoms with Gasteiger partial charge in [0.2, 0.25) is 0 Å². The molecule has 9 heavy (non-hydrogen) atoms. The maximum Gasteiger partial charge on any atom is 0.0500 e. The molecular weight excluding hydrogens is 112 g/mol. The third-order valence-electron chi connectivity index (χ3n) is 2.15. The van der Waals surface area contributed by atoms with E-state index < -0.39 is 0 Å². The van der Waals surface area contributed by atoms with Crippen molar-refractivity contribution in [1.82, 2.24) is 0 Å². The third kappa shape index (κ3) is 1.68. The van der Waals surface area contributed by atoms with E-state index in [-0.39, 0.29) is 1.43 Å². The van der Waals surface area contributed by atoms with Crippen molar-refractivity contribution in [2.45, 2.75) is 27.2 Å². The highest BCUT2D eigenvalue weighted by Gasteiger charge is 2.27. The van der Waals surface area contributed by atoms with Crippen LogP contribution in [-0.4, -0.2) is 13.2 Å². The second-order valence-corrected chi connectivity index (χ2v) is 3.93. The molecule has 0 amide bonds. The summed E-state index contributed by atoms with van der Waals surface area (Å²) in [6.45, 7) is 8.80. The normalized spacial score (nSPS) is 29.0. The molecule has 0 saturated carbocycles. The van der Waals surface area contributed by atoms with Gasteiger partial charge in [-0.3, -0.25) is 0 Å². The Hall–Kier alpha value is -0.0400. The summed E-state index contributed by atoms with van der Waals surface area (Å²) >= 11 is 0. The molecular formula is C8H18O. The third-order valence-corrected chi connectivity index (χ3v) is 2.15. The molecule has 56 valence electrons. The number of ether oxygens (including phenoxy) is 1. The Balaban J connectivity index is 0.000000810. The van der Waals surface area contributed by atoms with Gasteiger partial charge in [-0.1, -0.05) is 20.8 Å². The second kappa shape index (κ2) is 2.30. The van der Waals surface area contributed by atoms with Crippen LogP contribution in [0.5, 0.6) is 0 Å². The summed E-state index contributed by atoms with van der Waals surface area (Å²) < 4.78 is 5.28. The molecule has 1 atom stereocenters. The Bertz CT molecular complexity index is 89.9. The molecule has 0 aromatic rings. The largest absolute Gasteiger partial charge is 0.381 e. The molecule has 0 aliphatic carbocycles. The first-order valence-corrected chi connectivity index (χ1v) is 3.68. The monoisotopic (exact) mass is 130 g/mol. The maximum absolute atomic E-state index is 5.28. The van der Waals surface area contributed by atoms with Gasteiger partial charge in [-0.25, -0.2) is 0 Å². The van der Waals surface area contributed by atoms with Gasteiger partial charge in [0, 0.05) is 14.6 Å². The van der Waals surface area contributed by atoms with Crippen LogP contribution in [0.15, 0.2) is 0 Å². The summed E-state index contributed by atoms with van der Waals surface area (Å²) in [6, 6.07) is 0. The zero-order valence-corrected chi connectivity index (χ0v) is 6.61. The molecule has 0 bridgehead atoms. The van der Waals surface area contributed by atoms with Crippen LogP contribution in [0.4, 0.5) is 0 Å². The molecule has 1 aliphatic heterocycles. The SMILES string of the molecule is CC(C)(C)C1CCOC1.[HH]. The number of rotatable bonds is 0. The average molecular weight is 130 g/mol. The van der Waals surface area contributed by atoms with E-state index >= 15 is 0 Å². The summed E-state index contributed by atoms with van der Waals surface area (Å²) in [7, 11) is 0. The van der Waals surface area contributed by atoms with Crippen LogP contribution >= 0.6 is 0 Å². The van der Waals surface area contributed by atoms with Gasteiger partial charge in [0.05, 0.1) is 0 Å². The highest BCUT2D eigenvalue weighted by Crippen LogP contribution is 2.31. The number of hydrogen-bond acceptors (Lipinski definition) is 1. The van der Waals surface area contributed by atoms with Crippen LogP contribution in [0.2, 0.25) is 0 Å². The van der Waals surface area contributed by atoms with Gasteiger partial charge >= 0.3 is 0 Å². The molecule has 1 saturated heterocycles. The molecule has 1 nitrogen and oxygen atoms in total. The Kier molecular flexibility index (Phi) is 1.80. The lowest BCUT2D eigenvalue weighted by atomic mass is 9.80. The van der Waals surface area contributed by atoms with Gasteiger partial charge in [-0.15, -0.1) is 0 Å². The molecule has 1 aliphatic rings. The van der Waals surface area contributed by atoms with Crippen molar-refractivity contribution in [3.63, 3.8) is 0 Å². The molecule has 0 aromatic carbocycles. The minimum absolute atomic E-state index is 0. The van der Waals surface area contributed by atoms with Crippen LogP contribution in [0.1, 0.15) is 28.6 Å². The summed E-state index contributed by atoms with van der Waals surface area (Å²) in [5.74, 6) is 0.789. The van der Waals surface area contributed by atoms with E-state index in [2.05, 4.69) is 20.8 Å². The zero-order chi connectivity index (χ0) is 6.91. The molecule has 0 N–H and O–H groups in total. The molecule has 0 spiro atoms. The summed E-state index contributed by atoms with van der Waals surface area (Å²) in [5.41, 5.74) is 0.455. The summed E-state index contributed by atoms with van der Waals surface area (Å²) in [5, 5.41) is 0. The highest BCUT2D eigenvalue weighted by atomic mass is 16.5. The molecule has 1 rings (SSSR count). The Labute approximate surface area is 58.9 Å². The van der Waals surface area contributed by atoms with Gasteiger partial charge in [-0.2, -0.15) is 0 Å². The lowest BCUT2D eigenvalue weighted by Crippen LogP contribution is -2.19. The molecule has 0 aromatic heterocycles. The van der Waals surface area contributed by atoms with E-state index in [4.69, 9.17) is 4.74 Å². The second-order valence-electron chi connectivity index (χ2n) is 3.93. The predicted octanol–water partition coefficient (Wildman–Crippen LogP) is 2.32. The summed E-state index contributed by atoms with van der Waals surface area (Å²) in [6.07, 6.45) is 1.25. The first-order valence-electron chi connectivity index (χ1n) is 3.68. The fourth-order valence-electron chi connectivity index (χ4n) is 1.22. The Morgan fingerprint density at radius 1 is 1.44 bits per heavy atom. The minimum Gasteiger partial charge on any atom is -0.381 e. The standard InChI is InChI=1S/C8H16O.H2/c1-8(2,3)7-4-5-9-6-7;/h7H,4-6H2,1-3H3;1H. The first kappa shape index (κ1) is 7.07. The van der Waals surface area contributed by atoms with Gasteiger partial charge in [-0.05, 0) is 17.8 Å². The van der Waals surface area contributed by atoms with E-state index in [1.807, 2.05) is 0 Å². The van der Waals surface area contributed by atoms with E-state index in [9.17, 15) is 0 Å². The number of hydrogen-bond donors (Lipinski definition) is 0. The van der Waals surface area contributed by atoms with Crippen LogP contribution < -0.4 is 0 Å². The fourth-order valence-corrected chi connectivity index (χ4v) is 1.22. The van der Waals surface area contributed by atoms with Gasteiger partial charge in [0.25, 0.3) is 0 Å². The van der Waals surface area contributed by atoms with E-state index in [1.54, 1.807) is 0 Å². The fraction of sp³-hybridized carbons (Fsp3) is 1.00. The van der Waals surface area contributed by atoms with E-state index in [0.29, 0.717) is 5.41 Å². The van der Waals surface area contributed by atoms with Crippen molar-refractivity contribution in [2.24, 2.45) is 11.3 Å². The van der Waals surface area contributed by atoms with Crippen molar-refractivity contribution in [3.05, 3.63) is 0 Å². The van der Waals surface area contributed by atoms with Crippen molar-refractivity contribution >= 4 is 0 Å². The van der Waals surface area contributed by atoms with Crippen LogP contribution in [0, 0.1) is 11.3 Å². The van der Waals surface area contributed by atoms with Gasteiger partial charge in [0.1, 0.15) is 0 Å². The molecule has 1 fully saturated rings. The molecule has 1 heteroatoms. The van der Waals surface area contributed by atoms with Gasteiger partial charge in [0.15, 0.2) is 0 Å². The maximum atomic E-state index is 5.28. The lowest BCUT2D eigenvalue weighted by Gasteiger charge is -2.24. The lowest BCUT2D eigenvalue weighted by molar-refractivity contribution is 0.152. The van der Waals surface area contributed by atoms with Crippen molar-refractivity contribution in [3.8, 4) is 0 Å². The molecule has 1 heterocycles. The van der Waals surface area contributed by atoms with Crippen molar-refractivity contribution in [2.75, 3.05) is 13.2 Å². The van der Waals surface area contributed by atoms with E-state index in [1.165, 1.54) is 6.42 Å². The smallest absolute Gasteiger partial charge is 0.0500 e.